The normalized spacial score (nSPS) is 16.2. The van der Waals surface area contributed by atoms with Gasteiger partial charge in [0.15, 0.2) is 0 Å². The number of nitrogens with zero attached hydrogens (tertiary/aromatic N) is 2. The number of carbonyl (C=O) groups excluding carboxylic acids is 1. The smallest absolute Gasteiger partial charge is 0.317 e. The summed E-state index contributed by atoms with van der Waals surface area (Å²) < 4.78 is 0.924. The number of carbonyl (C=O) groups is 2. The highest BCUT2D eigenvalue weighted by molar-refractivity contribution is 9.10. The van der Waals surface area contributed by atoms with Gasteiger partial charge < -0.3 is 10.0 Å². The molecule has 0 saturated carbocycles. The van der Waals surface area contributed by atoms with Crippen LogP contribution >= 0.6 is 15.9 Å². The number of rotatable bonds is 3. The van der Waals surface area contributed by atoms with E-state index < -0.39 is 5.97 Å². The van der Waals surface area contributed by atoms with Crippen LogP contribution in [0.5, 0.6) is 0 Å². The van der Waals surface area contributed by atoms with Gasteiger partial charge in [0, 0.05) is 36.2 Å². The highest BCUT2D eigenvalue weighted by Gasteiger charge is 2.24. The molecule has 0 unspecified atom stereocenters. The van der Waals surface area contributed by atoms with Crippen LogP contribution in [0.25, 0.3) is 0 Å². The van der Waals surface area contributed by atoms with E-state index in [1.165, 1.54) is 0 Å². The highest BCUT2D eigenvalue weighted by Crippen LogP contribution is 2.21. The standard InChI is InChI=1S/C14H17BrN2O3/c1-10-11(3-2-4-12(10)15)14(20)17-7-5-16(6-8-17)9-13(18)19/h2-4H,5-9H2,1H3,(H,18,19). The molecule has 0 bridgehead atoms. The Morgan fingerprint density at radius 3 is 2.50 bits per heavy atom. The summed E-state index contributed by atoms with van der Waals surface area (Å²) in [6.45, 7) is 4.29. The fraction of sp³-hybridized carbons (Fsp3) is 0.429. The molecule has 0 spiro atoms. The molecular formula is C14H17BrN2O3. The zero-order chi connectivity index (χ0) is 14.7. The Hall–Kier alpha value is -1.40. The van der Waals surface area contributed by atoms with Gasteiger partial charge in [-0.2, -0.15) is 0 Å². The third kappa shape index (κ3) is 3.37. The second-order valence-corrected chi connectivity index (χ2v) is 5.73. The van der Waals surface area contributed by atoms with Crippen molar-refractivity contribution in [2.75, 3.05) is 32.7 Å². The second kappa shape index (κ2) is 6.37. The van der Waals surface area contributed by atoms with Crippen LogP contribution in [0, 0.1) is 6.92 Å². The van der Waals surface area contributed by atoms with Crippen LogP contribution < -0.4 is 0 Å². The van der Waals surface area contributed by atoms with E-state index in [1.54, 1.807) is 4.90 Å². The van der Waals surface area contributed by atoms with Crippen LogP contribution in [-0.2, 0) is 4.79 Å². The topological polar surface area (TPSA) is 60.9 Å². The third-order valence-corrected chi connectivity index (χ3v) is 4.38. The summed E-state index contributed by atoms with van der Waals surface area (Å²) in [5.41, 5.74) is 1.64. The van der Waals surface area contributed by atoms with E-state index in [-0.39, 0.29) is 12.5 Å². The van der Waals surface area contributed by atoms with Gasteiger partial charge in [-0.3, -0.25) is 14.5 Å². The molecule has 6 heteroatoms. The number of carboxylic acids is 1. The number of halogens is 1. The summed E-state index contributed by atoms with van der Waals surface area (Å²) in [6.07, 6.45) is 0. The van der Waals surface area contributed by atoms with Crippen LogP contribution in [0.4, 0.5) is 0 Å². The van der Waals surface area contributed by atoms with E-state index in [4.69, 9.17) is 5.11 Å². The van der Waals surface area contributed by atoms with Crippen molar-refractivity contribution >= 4 is 27.8 Å². The molecule has 0 atom stereocenters. The molecule has 108 valence electrons. The summed E-state index contributed by atoms with van der Waals surface area (Å²) in [5.74, 6) is -0.814. The minimum Gasteiger partial charge on any atom is -0.480 e. The van der Waals surface area contributed by atoms with Gasteiger partial charge in [0.05, 0.1) is 6.54 Å². The van der Waals surface area contributed by atoms with E-state index >= 15 is 0 Å². The van der Waals surface area contributed by atoms with Crippen LogP contribution in [0.3, 0.4) is 0 Å². The van der Waals surface area contributed by atoms with Crippen molar-refractivity contribution in [1.29, 1.82) is 0 Å². The Labute approximate surface area is 126 Å². The second-order valence-electron chi connectivity index (χ2n) is 4.87. The molecule has 0 aliphatic carbocycles. The van der Waals surface area contributed by atoms with E-state index in [9.17, 15) is 9.59 Å². The van der Waals surface area contributed by atoms with E-state index in [2.05, 4.69) is 15.9 Å². The predicted octanol–water partition coefficient (Wildman–Crippen LogP) is 1.60. The number of piperazine rings is 1. The van der Waals surface area contributed by atoms with Crippen molar-refractivity contribution in [3.05, 3.63) is 33.8 Å². The molecule has 1 saturated heterocycles. The molecule has 1 aromatic rings. The Morgan fingerprint density at radius 1 is 1.25 bits per heavy atom. The molecule has 2 rings (SSSR count). The van der Waals surface area contributed by atoms with Crippen LogP contribution in [0.15, 0.2) is 22.7 Å². The lowest BCUT2D eigenvalue weighted by Gasteiger charge is -2.34. The first-order valence-electron chi connectivity index (χ1n) is 6.47. The van der Waals surface area contributed by atoms with Gasteiger partial charge in [0.25, 0.3) is 5.91 Å². The number of hydrogen-bond acceptors (Lipinski definition) is 3. The first-order valence-corrected chi connectivity index (χ1v) is 7.27. The van der Waals surface area contributed by atoms with Gasteiger partial charge in [-0.1, -0.05) is 22.0 Å². The summed E-state index contributed by atoms with van der Waals surface area (Å²) in [7, 11) is 0. The zero-order valence-corrected chi connectivity index (χ0v) is 12.9. The molecule has 1 aromatic carbocycles. The molecule has 1 fully saturated rings. The molecule has 20 heavy (non-hydrogen) atoms. The van der Waals surface area contributed by atoms with Crippen molar-refractivity contribution in [2.45, 2.75) is 6.92 Å². The average molecular weight is 341 g/mol. The van der Waals surface area contributed by atoms with Gasteiger partial charge in [-0.05, 0) is 24.6 Å². The summed E-state index contributed by atoms with van der Waals surface area (Å²) >= 11 is 3.43. The molecule has 1 N–H and O–H groups in total. The fourth-order valence-corrected chi connectivity index (χ4v) is 2.68. The minimum atomic E-state index is -0.826. The lowest BCUT2D eigenvalue weighted by Crippen LogP contribution is -2.50. The van der Waals surface area contributed by atoms with Gasteiger partial charge in [0.1, 0.15) is 0 Å². The van der Waals surface area contributed by atoms with Gasteiger partial charge >= 0.3 is 5.97 Å². The first-order chi connectivity index (χ1) is 9.49. The van der Waals surface area contributed by atoms with Gasteiger partial charge in [0.2, 0.25) is 0 Å². The molecule has 1 heterocycles. The molecule has 1 amide bonds. The number of amides is 1. The molecule has 1 aliphatic rings. The van der Waals surface area contributed by atoms with Gasteiger partial charge in [-0.15, -0.1) is 0 Å². The fourth-order valence-electron chi connectivity index (χ4n) is 2.31. The molecule has 1 aliphatic heterocycles. The predicted molar refractivity (Wildman–Crippen MR) is 78.9 cm³/mol. The Morgan fingerprint density at radius 2 is 1.90 bits per heavy atom. The molecule has 5 nitrogen and oxygen atoms in total. The summed E-state index contributed by atoms with van der Waals surface area (Å²) in [5, 5.41) is 8.76. The number of hydrogen-bond donors (Lipinski definition) is 1. The van der Waals surface area contributed by atoms with Crippen LogP contribution in [0.1, 0.15) is 15.9 Å². The largest absolute Gasteiger partial charge is 0.480 e. The Balaban J connectivity index is 2.02. The maximum absolute atomic E-state index is 12.5. The highest BCUT2D eigenvalue weighted by atomic mass is 79.9. The molecule has 0 aromatic heterocycles. The average Bonchev–Trinajstić information content (AvgIpc) is 2.41. The quantitative estimate of drug-likeness (QED) is 0.907. The molecule has 0 radical (unpaired) electrons. The summed E-state index contributed by atoms with van der Waals surface area (Å²) in [6, 6.07) is 5.59. The maximum atomic E-state index is 12.5. The number of aliphatic carboxylic acids is 1. The lowest BCUT2D eigenvalue weighted by molar-refractivity contribution is -0.138. The third-order valence-electron chi connectivity index (χ3n) is 3.52. The first kappa shape index (κ1) is 15.0. The van der Waals surface area contributed by atoms with E-state index in [0.29, 0.717) is 31.7 Å². The number of benzene rings is 1. The SMILES string of the molecule is Cc1c(Br)cccc1C(=O)N1CCN(CC(=O)O)CC1. The summed E-state index contributed by atoms with van der Waals surface area (Å²) in [4.78, 5) is 26.8. The Kier molecular flexibility index (Phi) is 4.77. The number of carboxylic acid groups (broad SMARTS) is 1. The lowest BCUT2D eigenvalue weighted by atomic mass is 10.1. The molecular weight excluding hydrogens is 324 g/mol. The van der Waals surface area contributed by atoms with E-state index in [0.717, 1.165) is 10.0 Å². The van der Waals surface area contributed by atoms with Crippen molar-refractivity contribution in [1.82, 2.24) is 9.80 Å². The van der Waals surface area contributed by atoms with Gasteiger partial charge in [-0.25, -0.2) is 0 Å². The minimum absolute atomic E-state index is 0.0128. The van der Waals surface area contributed by atoms with Crippen molar-refractivity contribution in [3.63, 3.8) is 0 Å². The monoisotopic (exact) mass is 340 g/mol. The zero-order valence-electron chi connectivity index (χ0n) is 11.3. The van der Waals surface area contributed by atoms with E-state index in [1.807, 2.05) is 30.0 Å². The maximum Gasteiger partial charge on any atom is 0.317 e. The van der Waals surface area contributed by atoms with Crippen molar-refractivity contribution in [3.8, 4) is 0 Å². The Bertz CT molecular complexity index is 525. The van der Waals surface area contributed by atoms with Crippen LogP contribution in [-0.4, -0.2) is 59.5 Å². The van der Waals surface area contributed by atoms with Crippen molar-refractivity contribution in [2.24, 2.45) is 0 Å². The van der Waals surface area contributed by atoms with Crippen molar-refractivity contribution < 1.29 is 14.7 Å². The van der Waals surface area contributed by atoms with Crippen LogP contribution in [0.2, 0.25) is 0 Å².